The van der Waals surface area contributed by atoms with Gasteiger partial charge in [0.2, 0.25) is 0 Å². The van der Waals surface area contributed by atoms with E-state index in [9.17, 15) is 9.18 Å². The first kappa shape index (κ1) is 12.7. The van der Waals surface area contributed by atoms with E-state index in [1.165, 1.54) is 6.07 Å². The minimum atomic E-state index is -0.307. The molecule has 0 fully saturated rings. The molecule has 1 heterocycles. The Bertz CT molecular complexity index is 471. The lowest BCUT2D eigenvalue weighted by Crippen LogP contribution is -2.19. The first-order chi connectivity index (χ1) is 8.72. The van der Waals surface area contributed by atoms with Crippen molar-refractivity contribution in [2.75, 3.05) is 6.61 Å². The van der Waals surface area contributed by atoms with Crippen LogP contribution in [0.15, 0.2) is 24.4 Å². The summed E-state index contributed by atoms with van der Waals surface area (Å²) in [6, 6.07) is 2.98. The largest absolute Gasteiger partial charge is 0.466 e. The van der Waals surface area contributed by atoms with Crippen LogP contribution in [0.25, 0.3) is 5.57 Å². The fourth-order valence-electron chi connectivity index (χ4n) is 2.15. The second-order valence-corrected chi connectivity index (χ2v) is 4.29. The molecule has 1 aliphatic rings. The highest BCUT2D eigenvalue weighted by molar-refractivity contribution is 5.75. The van der Waals surface area contributed by atoms with E-state index in [4.69, 9.17) is 4.74 Å². The molecule has 3 nitrogen and oxygen atoms in total. The number of carbonyl (C=O) groups is 1. The molecule has 0 amide bonds. The summed E-state index contributed by atoms with van der Waals surface area (Å²) in [5, 5.41) is 0. The number of halogens is 1. The third-order valence-electron chi connectivity index (χ3n) is 3.09. The maximum atomic E-state index is 13.6. The predicted molar refractivity (Wildman–Crippen MR) is 66.1 cm³/mol. The number of hydrogen-bond donors (Lipinski definition) is 0. The fourth-order valence-corrected chi connectivity index (χ4v) is 2.15. The lowest BCUT2D eigenvalue weighted by Gasteiger charge is -2.20. The number of aromatic nitrogens is 1. The van der Waals surface area contributed by atoms with Gasteiger partial charge in [-0.25, -0.2) is 4.39 Å². The van der Waals surface area contributed by atoms with Gasteiger partial charge in [0.25, 0.3) is 0 Å². The van der Waals surface area contributed by atoms with Gasteiger partial charge in [-0.3, -0.25) is 9.78 Å². The van der Waals surface area contributed by atoms with Gasteiger partial charge >= 0.3 is 5.97 Å². The summed E-state index contributed by atoms with van der Waals surface area (Å²) < 4.78 is 18.5. The maximum Gasteiger partial charge on any atom is 0.309 e. The van der Waals surface area contributed by atoms with Crippen molar-refractivity contribution >= 4 is 11.5 Å². The Kier molecular flexibility index (Phi) is 4.07. The summed E-state index contributed by atoms with van der Waals surface area (Å²) in [4.78, 5) is 15.6. The molecule has 0 unspecified atom stereocenters. The van der Waals surface area contributed by atoms with E-state index in [-0.39, 0.29) is 17.7 Å². The van der Waals surface area contributed by atoms with Gasteiger partial charge in [-0.15, -0.1) is 0 Å². The van der Waals surface area contributed by atoms with E-state index in [0.717, 1.165) is 5.57 Å². The van der Waals surface area contributed by atoms with E-state index in [2.05, 4.69) is 4.98 Å². The van der Waals surface area contributed by atoms with Crippen molar-refractivity contribution in [1.82, 2.24) is 4.98 Å². The molecule has 96 valence electrons. The van der Waals surface area contributed by atoms with Crippen LogP contribution in [0.5, 0.6) is 0 Å². The SMILES string of the molecule is CCOC(=O)[C@@H]1CC=C(c2ncccc2F)CC1. The maximum absolute atomic E-state index is 13.6. The number of esters is 1. The van der Waals surface area contributed by atoms with E-state index in [1.807, 2.05) is 6.08 Å². The molecule has 2 rings (SSSR count). The Morgan fingerprint density at radius 2 is 2.44 bits per heavy atom. The van der Waals surface area contributed by atoms with Crippen molar-refractivity contribution in [2.45, 2.75) is 26.2 Å². The molecule has 0 radical (unpaired) electrons. The third-order valence-corrected chi connectivity index (χ3v) is 3.09. The van der Waals surface area contributed by atoms with Gasteiger partial charge in [-0.2, -0.15) is 0 Å². The summed E-state index contributed by atoms with van der Waals surface area (Å²) in [6.07, 6.45) is 5.44. The molecule has 0 aliphatic heterocycles. The smallest absolute Gasteiger partial charge is 0.309 e. The van der Waals surface area contributed by atoms with Crippen molar-refractivity contribution in [1.29, 1.82) is 0 Å². The van der Waals surface area contributed by atoms with E-state index in [1.54, 1.807) is 19.2 Å². The monoisotopic (exact) mass is 249 g/mol. The molecule has 4 heteroatoms. The third kappa shape index (κ3) is 2.75. The van der Waals surface area contributed by atoms with Crippen LogP contribution in [0.4, 0.5) is 4.39 Å². The lowest BCUT2D eigenvalue weighted by atomic mass is 9.88. The minimum absolute atomic E-state index is 0.0968. The number of hydrogen-bond acceptors (Lipinski definition) is 3. The van der Waals surface area contributed by atoms with Crippen LogP contribution in [0.2, 0.25) is 0 Å². The quantitative estimate of drug-likeness (QED) is 0.773. The average Bonchev–Trinajstić information content (AvgIpc) is 2.40. The van der Waals surface area contributed by atoms with E-state index < -0.39 is 0 Å². The van der Waals surface area contributed by atoms with Gasteiger partial charge in [0.15, 0.2) is 0 Å². The van der Waals surface area contributed by atoms with Crippen molar-refractivity contribution in [3.8, 4) is 0 Å². The molecule has 1 atom stereocenters. The van der Waals surface area contributed by atoms with E-state index >= 15 is 0 Å². The first-order valence-corrected chi connectivity index (χ1v) is 6.19. The summed E-state index contributed by atoms with van der Waals surface area (Å²) >= 11 is 0. The van der Waals surface area contributed by atoms with Gasteiger partial charge < -0.3 is 4.74 Å². The number of carbonyl (C=O) groups excluding carboxylic acids is 1. The van der Waals surface area contributed by atoms with Gasteiger partial charge in [0, 0.05) is 6.20 Å². The zero-order chi connectivity index (χ0) is 13.0. The highest BCUT2D eigenvalue weighted by Gasteiger charge is 2.24. The Hall–Kier alpha value is -1.71. The van der Waals surface area contributed by atoms with Crippen molar-refractivity contribution in [3.05, 3.63) is 35.9 Å². The Balaban J connectivity index is 2.07. The molecule has 0 bridgehead atoms. The van der Waals surface area contributed by atoms with Crippen LogP contribution in [-0.2, 0) is 9.53 Å². The van der Waals surface area contributed by atoms with E-state index in [0.29, 0.717) is 31.6 Å². The lowest BCUT2D eigenvalue weighted by molar-refractivity contribution is -0.148. The molecule has 0 aromatic carbocycles. The average molecular weight is 249 g/mol. The minimum Gasteiger partial charge on any atom is -0.466 e. The van der Waals surface area contributed by atoms with Crippen LogP contribution in [0.1, 0.15) is 31.9 Å². The van der Waals surface area contributed by atoms with Crippen LogP contribution < -0.4 is 0 Å². The number of allylic oxidation sites excluding steroid dienone is 2. The fraction of sp³-hybridized carbons (Fsp3) is 0.429. The zero-order valence-electron chi connectivity index (χ0n) is 10.4. The van der Waals surface area contributed by atoms with Gasteiger partial charge in [-0.05, 0) is 43.9 Å². The second-order valence-electron chi connectivity index (χ2n) is 4.29. The Morgan fingerprint density at radius 1 is 1.61 bits per heavy atom. The van der Waals surface area contributed by atoms with Crippen LogP contribution >= 0.6 is 0 Å². The van der Waals surface area contributed by atoms with Gasteiger partial charge in [-0.1, -0.05) is 6.08 Å². The summed E-state index contributed by atoms with van der Waals surface area (Å²) in [5.41, 5.74) is 1.29. The molecule has 0 saturated heterocycles. The van der Waals surface area contributed by atoms with Gasteiger partial charge in [0.05, 0.1) is 12.5 Å². The predicted octanol–water partition coefficient (Wildman–Crippen LogP) is 2.97. The number of nitrogens with zero attached hydrogens (tertiary/aromatic N) is 1. The molecule has 18 heavy (non-hydrogen) atoms. The molecule has 1 aromatic heterocycles. The molecule has 1 aromatic rings. The summed E-state index contributed by atoms with van der Waals surface area (Å²) in [7, 11) is 0. The van der Waals surface area contributed by atoms with Crippen molar-refractivity contribution in [2.24, 2.45) is 5.92 Å². The highest BCUT2D eigenvalue weighted by atomic mass is 19.1. The normalized spacial score (nSPS) is 19.2. The van der Waals surface area contributed by atoms with Crippen LogP contribution in [0, 0.1) is 11.7 Å². The first-order valence-electron chi connectivity index (χ1n) is 6.19. The van der Waals surface area contributed by atoms with Crippen molar-refractivity contribution in [3.63, 3.8) is 0 Å². The standard InChI is InChI=1S/C14H16FNO2/c1-2-18-14(17)11-7-5-10(6-8-11)13-12(15)4-3-9-16-13/h3-5,9,11H,2,6-8H2,1H3/t11-/m1/s1. The molecular formula is C14H16FNO2. The molecule has 0 spiro atoms. The van der Waals surface area contributed by atoms with Crippen molar-refractivity contribution < 1.29 is 13.9 Å². The molecular weight excluding hydrogens is 233 g/mol. The topological polar surface area (TPSA) is 39.2 Å². The zero-order valence-corrected chi connectivity index (χ0v) is 10.4. The Labute approximate surface area is 106 Å². The molecule has 0 saturated carbocycles. The van der Waals surface area contributed by atoms with Gasteiger partial charge in [0.1, 0.15) is 11.5 Å². The highest BCUT2D eigenvalue weighted by Crippen LogP contribution is 2.30. The summed E-state index contributed by atoms with van der Waals surface area (Å²) in [5.74, 6) is -0.562. The summed E-state index contributed by atoms with van der Waals surface area (Å²) in [6.45, 7) is 2.20. The second kappa shape index (κ2) is 5.76. The number of pyridine rings is 1. The number of rotatable bonds is 3. The van der Waals surface area contributed by atoms with Crippen LogP contribution in [-0.4, -0.2) is 17.6 Å². The molecule has 0 N–H and O–H groups in total. The number of ether oxygens (including phenoxy) is 1. The Morgan fingerprint density at radius 3 is 3.06 bits per heavy atom. The van der Waals surface area contributed by atoms with Crippen LogP contribution in [0.3, 0.4) is 0 Å². The molecule has 1 aliphatic carbocycles.